The Balaban J connectivity index is 2.09. The average Bonchev–Trinajstić information content (AvgIpc) is 2.64. The number of amides is 2. The molecule has 2 rings (SSSR count). The van der Waals surface area contributed by atoms with Crippen LogP contribution in [0, 0.1) is 0 Å². The van der Waals surface area contributed by atoms with Crippen molar-refractivity contribution in [3.63, 3.8) is 0 Å². The molecule has 2 amide bonds. The highest BCUT2D eigenvalue weighted by atomic mass is 35.5. The van der Waals surface area contributed by atoms with Crippen LogP contribution in [0.5, 0.6) is 0 Å². The van der Waals surface area contributed by atoms with Gasteiger partial charge in [-0.25, -0.2) is 4.79 Å². The Kier molecular flexibility index (Phi) is 6.74. The van der Waals surface area contributed by atoms with Crippen molar-refractivity contribution in [2.45, 2.75) is 6.92 Å². The van der Waals surface area contributed by atoms with Gasteiger partial charge in [0.25, 0.3) is 5.91 Å². The molecule has 7 heteroatoms. The second-order valence-corrected chi connectivity index (χ2v) is 5.88. The minimum atomic E-state index is -0.533. The predicted molar refractivity (Wildman–Crippen MR) is 99.6 cm³/mol. The first-order chi connectivity index (χ1) is 12.4. The van der Waals surface area contributed by atoms with Crippen LogP contribution in [0.2, 0.25) is 5.02 Å². The van der Waals surface area contributed by atoms with Crippen LogP contribution in [0.4, 0.5) is 5.69 Å². The number of carbonyl (C=O) groups excluding carboxylic acids is 3. The lowest BCUT2D eigenvalue weighted by atomic mass is 10.1. The summed E-state index contributed by atoms with van der Waals surface area (Å²) in [6, 6.07) is 13.2. The van der Waals surface area contributed by atoms with E-state index in [4.69, 9.17) is 16.3 Å². The minimum Gasteiger partial charge on any atom is -0.465 e. The summed E-state index contributed by atoms with van der Waals surface area (Å²) in [5.41, 5.74) is 1.15. The summed E-state index contributed by atoms with van der Waals surface area (Å²) in [7, 11) is 1.28. The number of halogens is 1. The first-order valence-electron chi connectivity index (χ1n) is 7.93. The molecule has 0 saturated heterocycles. The monoisotopic (exact) mass is 374 g/mol. The van der Waals surface area contributed by atoms with Gasteiger partial charge in [0.05, 0.1) is 18.4 Å². The zero-order valence-corrected chi connectivity index (χ0v) is 15.2. The number of rotatable bonds is 6. The van der Waals surface area contributed by atoms with E-state index in [0.29, 0.717) is 16.3 Å². The maximum Gasteiger partial charge on any atom is 0.339 e. The molecule has 0 heterocycles. The highest BCUT2D eigenvalue weighted by molar-refractivity contribution is 6.30. The topological polar surface area (TPSA) is 75.7 Å². The molecule has 0 radical (unpaired) electrons. The molecule has 0 aliphatic carbocycles. The minimum absolute atomic E-state index is 0.204. The molecular formula is C19H19ClN2O4. The Hall–Kier alpha value is -2.86. The summed E-state index contributed by atoms with van der Waals surface area (Å²) >= 11 is 5.88. The lowest BCUT2D eigenvalue weighted by molar-refractivity contribution is -0.116. The van der Waals surface area contributed by atoms with Crippen molar-refractivity contribution in [3.8, 4) is 0 Å². The number of carbonyl (C=O) groups is 3. The highest BCUT2D eigenvalue weighted by Gasteiger charge is 2.19. The number of anilines is 1. The van der Waals surface area contributed by atoms with Crippen LogP contribution in [-0.4, -0.2) is 38.0 Å². The van der Waals surface area contributed by atoms with Crippen molar-refractivity contribution in [1.82, 2.24) is 5.32 Å². The fraction of sp³-hybridized carbons (Fsp3) is 0.211. The Morgan fingerprint density at radius 3 is 2.50 bits per heavy atom. The van der Waals surface area contributed by atoms with Crippen molar-refractivity contribution >= 4 is 35.1 Å². The molecule has 0 aliphatic rings. The smallest absolute Gasteiger partial charge is 0.339 e. The summed E-state index contributed by atoms with van der Waals surface area (Å²) in [5.74, 6) is -1.08. The number of esters is 1. The van der Waals surface area contributed by atoms with Crippen molar-refractivity contribution in [1.29, 1.82) is 0 Å². The van der Waals surface area contributed by atoms with Gasteiger partial charge in [-0.3, -0.25) is 9.59 Å². The van der Waals surface area contributed by atoms with Crippen molar-refractivity contribution in [2.24, 2.45) is 0 Å². The quantitative estimate of drug-likeness (QED) is 0.789. The maximum absolute atomic E-state index is 12.2. The third-order valence-electron chi connectivity index (χ3n) is 3.69. The van der Waals surface area contributed by atoms with Gasteiger partial charge in [0.1, 0.15) is 0 Å². The summed E-state index contributed by atoms with van der Waals surface area (Å²) in [6.45, 7) is 1.81. The summed E-state index contributed by atoms with van der Waals surface area (Å²) in [5, 5.41) is 3.20. The maximum atomic E-state index is 12.2. The van der Waals surface area contributed by atoms with Gasteiger partial charge in [-0.15, -0.1) is 0 Å². The molecule has 0 saturated carbocycles. The molecule has 0 spiro atoms. The summed E-state index contributed by atoms with van der Waals surface area (Å²) in [4.78, 5) is 37.5. The first kappa shape index (κ1) is 19.5. The molecule has 6 nitrogen and oxygen atoms in total. The Morgan fingerprint density at radius 2 is 1.85 bits per heavy atom. The molecule has 0 bridgehead atoms. The summed E-state index contributed by atoms with van der Waals surface area (Å²) in [6.07, 6.45) is 0. The Morgan fingerprint density at radius 1 is 1.12 bits per heavy atom. The van der Waals surface area contributed by atoms with Crippen molar-refractivity contribution in [2.75, 3.05) is 25.1 Å². The van der Waals surface area contributed by atoms with Gasteiger partial charge >= 0.3 is 5.97 Å². The zero-order chi connectivity index (χ0) is 19.1. The van der Waals surface area contributed by atoms with Crippen LogP contribution < -0.4 is 10.2 Å². The number of nitrogens with one attached hydrogen (secondary N) is 1. The van der Waals surface area contributed by atoms with E-state index in [-0.39, 0.29) is 30.5 Å². The molecule has 1 N–H and O–H groups in total. The molecule has 0 fully saturated rings. The van der Waals surface area contributed by atoms with E-state index in [0.717, 1.165) is 0 Å². The number of methoxy groups -OCH3 is 1. The van der Waals surface area contributed by atoms with Crippen LogP contribution in [0.15, 0.2) is 48.5 Å². The van der Waals surface area contributed by atoms with E-state index in [1.54, 1.807) is 48.5 Å². The number of ether oxygens (including phenoxy) is 1. The van der Waals surface area contributed by atoms with Crippen molar-refractivity contribution in [3.05, 3.63) is 64.7 Å². The highest BCUT2D eigenvalue weighted by Crippen LogP contribution is 2.21. The Bertz CT molecular complexity index is 823. The number of para-hydroxylation sites is 1. The van der Waals surface area contributed by atoms with Gasteiger partial charge in [-0.2, -0.15) is 0 Å². The van der Waals surface area contributed by atoms with E-state index >= 15 is 0 Å². The molecule has 0 aromatic heterocycles. The molecule has 136 valence electrons. The number of benzene rings is 2. The fourth-order valence-electron chi connectivity index (χ4n) is 2.45. The van der Waals surface area contributed by atoms with Gasteiger partial charge in [0, 0.05) is 30.6 Å². The molecule has 26 heavy (non-hydrogen) atoms. The molecule has 0 unspecified atom stereocenters. The van der Waals surface area contributed by atoms with E-state index in [9.17, 15) is 14.4 Å². The van der Waals surface area contributed by atoms with Crippen LogP contribution in [-0.2, 0) is 9.53 Å². The second kappa shape index (κ2) is 9.01. The average molecular weight is 375 g/mol. The normalized spacial score (nSPS) is 10.1. The number of hydrogen-bond acceptors (Lipinski definition) is 4. The Labute approximate surface area is 156 Å². The fourth-order valence-corrected chi connectivity index (χ4v) is 2.64. The van der Waals surface area contributed by atoms with Gasteiger partial charge in [-0.1, -0.05) is 29.8 Å². The number of nitrogens with zero attached hydrogens (tertiary/aromatic N) is 1. The molecule has 2 aromatic carbocycles. The van der Waals surface area contributed by atoms with Gasteiger partial charge in [0.15, 0.2) is 0 Å². The third-order valence-corrected chi connectivity index (χ3v) is 3.92. The van der Waals surface area contributed by atoms with E-state index in [2.05, 4.69) is 5.32 Å². The van der Waals surface area contributed by atoms with Crippen molar-refractivity contribution < 1.29 is 19.1 Å². The van der Waals surface area contributed by atoms with E-state index < -0.39 is 5.97 Å². The molecule has 0 atom stereocenters. The molecule has 0 aliphatic heterocycles. The van der Waals surface area contributed by atoms with Crippen LogP contribution in [0.3, 0.4) is 0 Å². The lowest BCUT2D eigenvalue weighted by Crippen LogP contribution is -2.38. The largest absolute Gasteiger partial charge is 0.465 e. The predicted octanol–water partition coefficient (Wildman–Crippen LogP) is 2.91. The summed E-state index contributed by atoms with van der Waals surface area (Å²) < 4.78 is 4.76. The van der Waals surface area contributed by atoms with E-state index in [1.165, 1.54) is 18.9 Å². The SMILES string of the molecule is COC(=O)c1ccccc1N(CCNC(=O)c1cccc(Cl)c1)C(C)=O. The van der Waals surface area contributed by atoms with E-state index in [1.807, 2.05) is 0 Å². The first-order valence-corrected chi connectivity index (χ1v) is 8.31. The lowest BCUT2D eigenvalue weighted by Gasteiger charge is -2.23. The van der Waals surface area contributed by atoms with Gasteiger partial charge in [-0.05, 0) is 30.3 Å². The molecular weight excluding hydrogens is 356 g/mol. The zero-order valence-electron chi connectivity index (χ0n) is 14.5. The van der Waals surface area contributed by atoms with Crippen LogP contribution in [0.1, 0.15) is 27.6 Å². The van der Waals surface area contributed by atoms with Crippen LogP contribution in [0.25, 0.3) is 0 Å². The number of hydrogen-bond donors (Lipinski definition) is 1. The van der Waals surface area contributed by atoms with Crippen LogP contribution >= 0.6 is 11.6 Å². The van der Waals surface area contributed by atoms with Gasteiger partial charge in [0.2, 0.25) is 5.91 Å². The third kappa shape index (κ3) is 4.83. The second-order valence-electron chi connectivity index (χ2n) is 5.45. The molecule has 2 aromatic rings. The van der Waals surface area contributed by atoms with Gasteiger partial charge < -0.3 is 15.0 Å². The standard InChI is InChI=1S/C19H19ClN2O4/c1-13(23)22(17-9-4-3-8-16(17)19(25)26-2)11-10-21-18(24)14-6-5-7-15(20)12-14/h3-9,12H,10-11H2,1-2H3,(H,21,24).